The van der Waals surface area contributed by atoms with E-state index < -0.39 is 34.8 Å². The highest BCUT2D eigenvalue weighted by Crippen LogP contribution is 2.45. The van der Waals surface area contributed by atoms with Gasteiger partial charge in [-0.05, 0) is 49.6 Å². The van der Waals surface area contributed by atoms with Crippen LogP contribution in [0.1, 0.15) is 31.2 Å². The monoisotopic (exact) mass is 530 g/mol. The first-order valence-electron chi connectivity index (χ1n) is 12.1. The van der Waals surface area contributed by atoms with Gasteiger partial charge in [0.2, 0.25) is 0 Å². The summed E-state index contributed by atoms with van der Waals surface area (Å²) in [4.78, 5) is 26.8. The van der Waals surface area contributed by atoms with Crippen molar-refractivity contribution in [2.75, 3.05) is 25.0 Å². The summed E-state index contributed by atoms with van der Waals surface area (Å²) >= 11 is 0. The number of H-pyrrole nitrogens is 1. The van der Waals surface area contributed by atoms with Crippen molar-refractivity contribution in [3.05, 3.63) is 52.4 Å². The summed E-state index contributed by atoms with van der Waals surface area (Å²) < 4.78 is 48.9. The number of ether oxygens (including phenoxy) is 1. The Hall–Kier alpha value is -3.89. The van der Waals surface area contributed by atoms with Crippen LogP contribution in [0.2, 0.25) is 0 Å². The van der Waals surface area contributed by atoms with Crippen LogP contribution in [0.5, 0.6) is 0 Å². The number of benzene rings is 1. The Bertz CT molecular complexity index is 1440. The van der Waals surface area contributed by atoms with Gasteiger partial charge in [-0.15, -0.1) is 0 Å². The summed E-state index contributed by atoms with van der Waals surface area (Å²) in [7, 11) is 0. The number of nitrogens with one attached hydrogen (secondary N) is 3. The number of rotatable bonds is 6. The number of anilines is 2. The number of carboxylic acids is 1. The van der Waals surface area contributed by atoms with E-state index in [2.05, 4.69) is 26.8 Å². The van der Waals surface area contributed by atoms with Crippen molar-refractivity contribution >= 4 is 28.4 Å². The third-order valence-corrected chi connectivity index (χ3v) is 7.56. The maximum atomic E-state index is 13.9. The number of carbonyl (C=O) groups is 1. The van der Waals surface area contributed by atoms with Gasteiger partial charge in [0, 0.05) is 18.4 Å². The number of halogens is 3. The second kappa shape index (κ2) is 9.45. The molecule has 1 aromatic carbocycles. The first kappa shape index (κ1) is 25.7. The van der Waals surface area contributed by atoms with Crippen molar-refractivity contribution in [1.29, 1.82) is 5.26 Å². The molecule has 2 aromatic heterocycles. The summed E-state index contributed by atoms with van der Waals surface area (Å²) in [5, 5.41) is 29.5. The van der Waals surface area contributed by atoms with Gasteiger partial charge in [-0.2, -0.15) is 23.5 Å². The van der Waals surface area contributed by atoms with Gasteiger partial charge in [-0.25, -0.2) is 4.79 Å². The molecule has 4 heterocycles. The van der Waals surface area contributed by atoms with Crippen molar-refractivity contribution in [2.24, 2.45) is 0 Å². The van der Waals surface area contributed by atoms with Gasteiger partial charge in [0.15, 0.2) is 11.9 Å². The second-order valence-electron chi connectivity index (χ2n) is 9.77. The number of carboxylic acid groups (broad SMARTS) is 1. The minimum absolute atomic E-state index is 0.0371. The van der Waals surface area contributed by atoms with E-state index in [0.29, 0.717) is 11.2 Å². The molecule has 5 rings (SSSR count). The third kappa shape index (κ3) is 4.19. The van der Waals surface area contributed by atoms with Crippen LogP contribution in [0.15, 0.2) is 41.3 Å². The number of fused-ring (bicyclic) bond motifs is 1. The van der Waals surface area contributed by atoms with Crippen molar-refractivity contribution in [3.63, 3.8) is 0 Å². The van der Waals surface area contributed by atoms with Gasteiger partial charge in [-0.1, -0.05) is 12.1 Å². The van der Waals surface area contributed by atoms with E-state index in [0.717, 1.165) is 0 Å². The zero-order chi connectivity index (χ0) is 27.1. The number of hydrogen-bond acceptors (Lipinski definition) is 7. The first-order valence-corrected chi connectivity index (χ1v) is 12.1. The molecule has 0 radical (unpaired) electrons. The number of nitriles is 1. The van der Waals surface area contributed by atoms with Crippen LogP contribution < -0.4 is 16.2 Å². The van der Waals surface area contributed by atoms with E-state index in [1.807, 2.05) is 0 Å². The van der Waals surface area contributed by atoms with Crippen molar-refractivity contribution in [1.82, 2.24) is 20.1 Å². The van der Waals surface area contributed by atoms with Gasteiger partial charge in [0.1, 0.15) is 10.8 Å². The topological polar surface area (TPSA) is 145 Å². The summed E-state index contributed by atoms with van der Waals surface area (Å²) in [5.74, 6) is -0.941. The first-order chi connectivity index (χ1) is 18.1. The molecule has 0 saturated carbocycles. The lowest BCUT2D eigenvalue weighted by molar-refractivity contribution is -0.185. The maximum absolute atomic E-state index is 13.9. The normalized spacial score (nSPS) is 25.8. The highest BCUT2D eigenvalue weighted by Gasteiger charge is 2.57. The summed E-state index contributed by atoms with van der Waals surface area (Å²) in [6, 6.07) is 9.60. The minimum Gasteiger partial charge on any atom is -0.479 e. The molecule has 2 aliphatic rings. The Labute approximate surface area is 214 Å². The molecule has 2 saturated heterocycles. The largest absolute Gasteiger partial charge is 0.479 e. The number of alkyl halides is 3. The number of hydrogen-bond donors (Lipinski definition) is 4. The fraction of sp³-hybridized carbons (Fsp3) is 0.440. The van der Waals surface area contributed by atoms with Crippen molar-refractivity contribution < 1.29 is 27.8 Å². The van der Waals surface area contributed by atoms with Gasteiger partial charge in [-0.3, -0.25) is 9.48 Å². The zero-order valence-corrected chi connectivity index (χ0v) is 20.1. The molecule has 4 N–H and O–H groups in total. The van der Waals surface area contributed by atoms with E-state index in [-0.39, 0.29) is 62.1 Å². The molecule has 2 aliphatic heterocycles. The van der Waals surface area contributed by atoms with Gasteiger partial charge in [0.05, 0.1) is 30.2 Å². The predicted molar refractivity (Wildman–Crippen MR) is 130 cm³/mol. The molecule has 10 nitrogen and oxygen atoms in total. The number of nitrogens with zero attached hydrogens (tertiary/aromatic N) is 3. The Morgan fingerprint density at radius 2 is 2.05 bits per heavy atom. The predicted octanol–water partition coefficient (Wildman–Crippen LogP) is 3.13. The Morgan fingerprint density at radius 3 is 2.63 bits per heavy atom. The molecule has 13 heteroatoms. The molecule has 3 atom stereocenters. The van der Waals surface area contributed by atoms with Crippen LogP contribution in [0.4, 0.5) is 24.7 Å². The van der Waals surface area contributed by atoms with Crippen molar-refractivity contribution in [3.8, 4) is 6.07 Å². The van der Waals surface area contributed by atoms with Gasteiger partial charge < -0.3 is 25.5 Å². The standard InChI is InChI=1S/C25H25F3N6O4/c26-25(27,28)24(9-12-30-13-24)15-1-3-16(4-2-15)32-20-19-17(6-11-31-21(19)35)34(33-20)23(8-10-29)7-5-18(22(36)37)38-14-23/h1-4,6,11,18,30H,5,7-9,12-14H2,(H,31,35)(H,32,33)(H,36,37). The molecular weight excluding hydrogens is 505 g/mol. The highest BCUT2D eigenvalue weighted by atomic mass is 19.4. The number of aromatic amines is 1. The van der Waals surface area contributed by atoms with Crippen LogP contribution >= 0.6 is 0 Å². The Balaban J connectivity index is 1.51. The summed E-state index contributed by atoms with van der Waals surface area (Å²) in [6.45, 7) is -0.0185. The average Bonchev–Trinajstić information content (AvgIpc) is 3.52. The van der Waals surface area contributed by atoms with E-state index in [1.165, 1.54) is 35.1 Å². The lowest BCUT2D eigenvalue weighted by Crippen LogP contribution is -2.46. The van der Waals surface area contributed by atoms with Crippen molar-refractivity contribution in [2.45, 2.75) is 48.9 Å². The lowest BCUT2D eigenvalue weighted by Gasteiger charge is -2.38. The third-order valence-electron chi connectivity index (χ3n) is 7.56. The minimum atomic E-state index is -4.41. The zero-order valence-electron chi connectivity index (χ0n) is 20.1. The molecule has 0 amide bonds. The summed E-state index contributed by atoms with van der Waals surface area (Å²) in [6.07, 6.45) is -3.63. The molecular formula is C25H25F3N6O4. The van der Waals surface area contributed by atoms with Crippen LogP contribution in [-0.2, 0) is 20.5 Å². The van der Waals surface area contributed by atoms with Crippen LogP contribution in [-0.4, -0.2) is 57.8 Å². The SMILES string of the molecule is N#CCC1(n2nc(Nc3ccc(C4(C(F)(F)F)CCNC4)cc3)c3c(=O)[nH]ccc32)CCC(C(=O)O)OC1. The van der Waals surface area contributed by atoms with Crippen LogP contribution in [0, 0.1) is 11.3 Å². The second-order valence-corrected chi connectivity index (χ2v) is 9.77. The highest BCUT2D eigenvalue weighted by molar-refractivity contribution is 5.91. The fourth-order valence-corrected chi connectivity index (χ4v) is 5.41. The van der Waals surface area contributed by atoms with E-state index in [9.17, 15) is 33.1 Å². The number of pyridine rings is 1. The average molecular weight is 531 g/mol. The summed E-state index contributed by atoms with van der Waals surface area (Å²) in [5.41, 5.74) is -2.44. The van der Waals surface area contributed by atoms with E-state index >= 15 is 0 Å². The fourth-order valence-electron chi connectivity index (χ4n) is 5.41. The quantitative estimate of drug-likeness (QED) is 0.380. The number of aromatic nitrogens is 3. The Kier molecular flexibility index (Phi) is 6.40. The molecule has 0 bridgehead atoms. The van der Waals surface area contributed by atoms with Crippen LogP contribution in [0.25, 0.3) is 10.9 Å². The Morgan fingerprint density at radius 1 is 1.29 bits per heavy atom. The maximum Gasteiger partial charge on any atom is 0.399 e. The molecule has 200 valence electrons. The molecule has 2 fully saturated rings. The molecule has 38 heavy (non-hydrogen) atoms. The number of aliphatic carboxylic acids is 1. The lowest BCUT2D eigenvalue weighted by atomic mass is 9.79. The molecule has 3 aromatic rings. The molecule has 0 aliphatic carbocycles. The van der Waals surface area contributed by atoms with E-state index in [4.69, 9.17) is 4.74 Å². The molecule has 0 spiro atoms. The van der Waals surface area contributed by atoms with Crippen LogP contribution in [0.3, 0.4) is 0 Å². The molecule has 3 unspecified atom stereocenters. The van der Waals surface area contributed by atoms with E-state index in [1.54, 1.807) is 6.07 Å². The van der Waals surface area contributed by atoms with Gasteiger partial charge in [0.25, 0.3) is 5.56 Å². The van der Waals surface area contributed by atoms with Gasteiger partial charge >= 0.3 is 12.1 Å². The smallest absolute Gasteiger partial charge is 0.399 e.